The van der Waals surface area contributed by atoms with Crippen LogP contribution in [0.4, 0.5) is 11.6 Å². The van der Waals surface area contributed by atoms with Gasteiger partial charge >= 0.3 is 0 Å². The molecule has 5 nitrogen and oxygen atoms in total. The van der Waals surface area contributed by atoms with Crippen LogP contribution in [0.1, 0.15) is 32.6 Å². The first-order valence-electron chi connectivity index (χ1n) is 8.22. The minimum atomic E-state index is 0.533. The summed E-state index contributed by atoms with van der Waals surface area (Å²) >= 11 is 0. The molecule has 0 fully saturated rings. The largest absolute Gasteiger partial charge is 0.382 e. The van der Waals surface area contributed by atoms with E-state index in [-0.39, 0.29) is 0 Å². The van der Waals surface area contributed by atoms with E-state index in [4.69, 9.17) is 5.73 Å². The molecule has 0 radical (unpaired) electrons. The van der Waals surface area contributed by atoms with E-state index in [1.165, 1.54) is 25.7 Å². The Bertz CT molecular complexity index is 778. The number of pyridine rings is 1. The van der Waals surface area contributed by atoms with Crippen LogP contribution in [0.15, 0.2) is 36.5 Å². The number of unbranched alkanes of at least 4 members (excludes halogenated alkanes) is 3. The summed E-state index contributed by atoms with van der Waals surface area (Å²) in [7, 11) is 0. The molecule has 0 spiro atoms. The van der Waals surface area contributed by atoms with Crippen molar-refractivity contribution in [2.24, 2.45) is 0 Å². The first kappa shape index (κ1) is 15.3. The molecule has 1 aromatic carbocycles. The Labute approximate surface area is 136 Å². The molecule has 23 heavy (non-hydrogen) atoms. The van der Waals surface area contributed by atoms with Gasteiger partial charge < -0.3 is 11.1 Å². The van der Waals surface area contributed by atoms with Crippen LogP contribution in [0.5, 0.6) is 0 Å². The third kappa shape index (κ3) is 3.62. The van der Waals surface area contributed by atoms with Gasteiger partial charge in [0.1, 0.15) is 5.82 Å². The van der Waals surface area contributed by atoms with E-state index in [1.807, 2.05) is 18.3 Å². The van der Waals surface area contributed by atoms with Crippen molar-refractivity contribution in [1.82, 2.24) is 15.2 Å². The van der Waals surface area contributed by atoms with Gasteiger partial charge in [-0.1, -0.05) is 32.3 Å². The lowest BCUT2D eigenvalue weighted by Gasteiger charge is -2.08. The Kier molecular flexibility index (Phi) is 4.76. The molecule has 0 aliphatic carbocycles. The van der Waals surface area contributed by atoms with Crippen molar-refractivity contribution in [3.8, 4) is 11.1 Å². The van der Waals surface area contributed by atoms with Crippen LogP contribution in [0.2, 0.25) is 0 Å². The quantitative estimate of drug-likeness (QED) is 0.571. The fourth-order valence-corrected chi connectivity index (χ4v) is 2.69. The smallest absolute Gasteiger partial charge is 0.153 e. The Morgan fingerprint density at radius 2 is 1.96 bits per heavy atom. The predicted octanol–water partition coefficient (Wildman–Crippen LogP) is 4.20. The van der Waals surface area contributed by atoms with Crippen molar-refractivity contribution in [2.45, 2.75) is 32.6 Å². The van der Waals surface area contributed by atoms with E-state index in [1.54, 1.807) is 0 Å². The summed E-state index contributed by atoms with van der Waals surface area (Å²) in [6.07, 6.45) is 6.83. The fraction of sp³-hybridized carbons (Fsp3) is 0.333. The van der Waals surface area contributed by atoms with E-state index >= 15 is 0 Å². The lowest BCUT2D eigenvalue weighted by atomic mass is 10.0. The van der Waals surface area contributed by atoms with Gasteiger partial charge in [-0.25, -0.2) is 4.98 Å². The van der Waals surface area contributed by atoms with Gasteiger partial charge in [-0.05, 0) is 41.8 Å². The van der Waals surface area contributed by atoms with Crippen molar-refractivity contribution < 1.29 is 0 Å². The lowest BCUT2D eigenvalue weighted by molar-refractivity contribution is 0.684. The van der Waals surface area contributed by atoms with E-state index in [2.05, 4.69) is 45.6 Å². The average Bonchev–Trinajstić information content (AvgIpc) is 2.96. The van der Waals surface area contributed by atoms with Gasteiger partial charge in [0.15, 0.2) is 5.82 Å². The van der Waals surface area contributed by atoms with Gasteiger partial charge in [-0.15, -0.1) is 0 Å². The molecule has 0 saturated heterocycles. The normalized spacial score (nSPS) is 11.0. The van der Waals surface area contributed by atoms with Crippen LogP contribution in [0, 0.1) is 0 Å². The standard InChI is InChI=1S/C18H23N5/c1-2-3-4-5-9-20-17-12-14(8-10-21-17)13-6-7-16-15(11-13)18(19)23-22-16/h6-8,10-12H,2-5,9H2,1H3,(H,20,21)(H3,19,22,23). The summed E-state index contributed by atoms with van der Waals surface area (Å²) in [5.74, 6) is 1.45. The minimum absolute atomic E-state index is 0.533. The third-order valence-electron chi connectivity index (χ3n) is 4.02. The molecule has 0 saturated carbocycles. The number of aromatic nitrogens is 3. The van der Waals surface area contributed by atoms with Gasteiger partial charge in [0.25, 0.3) is 0 Å². The van der Waals surface area contributed by atoms with Gasteiger partial charge in [0.05, 0.1) is 5.52 Å². The zero-order chi connectivity index (χ0) is 16.1. The number of nitrogens with zero attached hydrogens (tertiary/aromatic N) is 2. The summed E-state index contributed by atoms with van der Waals surface area (Å²) in [6.45, 7) is 3.19. The van der Waals surface area contributed by atoms with Crippen molar-refractivity contribution in [3.05, 3.63) is 36.5 Å². The number of hydrogen-bond acceptors (Lipinski definition) is 4. The maximum Gasteiger partial charge on any atom is 0.153 e. The monoisotopic (exact) mass is 309 g/mol. The fourth-order valence-electron chi connectivity index (χ4n) is 2.69. The van der Waals surface area contributed by atoms with Crippen LogP contribution < -0.4 is 11.1 Å². The van der Waals surface area contributed by atoms with E-state index < -0.39 is 0 Å². The second kappa shape index (κ2) is 7.13. The van der Waals surface area contributed by atoms with Gasteiger partial charge in [-0.2, -0.15) is 5.10 Å². The van der Waals surface area contributed by atoms with Gasteiger partial charge in [0, 0.05) is 18.1 Å². The Morgan fingerprint density at radius 3 is 2.83 bits per heavy atom. The van der Waals surface area contributed by atoms with E-state index in [0.717, 1.165) is 34.4 Å². The van der Waals surface area contributed by atoms with E-state index in [0.29, 0.717) is 5.82 Å². The first-order chi connectivity index (χ1) is 11.3. The number of aromatic amines is 1. The van der Waals surface area contributed by atoms with Crippen LogP contribution in [-0.4, -0.2) is 21.7 Å². The van der Waals surface area contributed by atoms with Crippen molar-refractivity contribution in [3.63, 3.8) is 0 Å². The zero-order valence-electron chi connectivity index (χ0n) is 13.5. The highest BCUT2D eigenvalue weighted by Crippen LogP contribution is 2.27. The SMILES string of the molecule is CCCCCCNc1cc(-c2ccc3[nH]nc(N)c3c2)ccn1. The van der Waals surface area contributed by atoms with E-state index in [9.17, 15) is 0 Å². The number of nitrogens with two attached hydrogens (primary N) is 1. The number of nitrogen functional groups attached to an aromatic ring is 1. The Balaban J connectivity index is 1.74. The summed E-state index contributed by atoms with van der Waals surface area (Å²) < 4.78 is 0. The van der Waals surface area contributed by atoms with Gasteiger partial charge in [0.2, 0.25) is 0 Å². The molecular formula is C18H23N5. The zero-order valence-corrected chi connectivity index (χ0v) is 13.5. The molecule has 0 atom stereocenters. The van der Waals surface area contributed by atoms with Crippen LogP contribution in [-0.2, 0) is 0 Å². The van der Waals surface area contributed by atoms with Crippen molar-refractivity contribution in [1.29, 1.82) is 0 Å². The second-order valence-electron chi connectivity index (χ2n) is 5.79. The summed E-state index contributed by atoms with van der Waals surface area (Å²) in [5, 5.41) is 11.3. The topological polar surface area (TPSA) is 79.6 Å². The highest BCUT2D eigenvalue weighted by atomic mass is 15.1. The molecule has 0 bridgehead atoms. The number of nitrogens with one attached hydrogen (secondary N) is 2. The molecule has 120 valence electrons. The van der Waals surface area contributed by atoms with Crippen LogP contribution in [0.25, 0.3) is 22.0 Å². The molecule has 2 heterocycles. The molecule has 0 aliphatic rings. The Morgan fingerprint density at radius 1 is 1.09 bits per heavy atom. The lowest BCUT2D eigenvalue weighted by Crippen LogP contribution is -2.03. The van der Waals surface area contributed by atoms with Crippen LogP contribution in [0.3, 0.4) is 0 Å². The van der Waals surface area contributed by atoms with Crippen molar-refractivity contribution >= 4 is 22.5 Å². The minimum Gasteiger partial charge on any atom is -0.382 e. The number of rotatable bonds is 7. The average molecular weight is 309 g/mol. The van der Waals surface area contributed by atoms with Crippen LogP contribution >= 0.6 is 0 Å². The predicted molar refractivity (Wildman–Crippen MR) is 96.4 cm³/mol. The summed E-state index contributed by atoms with van der Waals surface area (Å²) in [5.41, 5.74) is 9.08. The maximum absolute atomic E-state index is 5.89. The highest BCUT2D eigenvalue weighted by molar-refractivity contribution is 5.92. The molecule has 3 rings (SSSR count). The number of fused-ring (bicyclic) bond motifs is 1. The first-order valence-corrected chi connectivity index (χ1v) is 8.22. The second-order valence-corrected chi connectivity index (χ2v) is 5.79. The number of anilines is 2. The highest BCUT2D eigenvalue weighted by Gasteiger charge is 2.05. The number of H-pyrrole nitrogens is 1. The molecule has 4 N–H and O–H groups in total. The summed E-state index contributed by atoms with van der Waals surface area (Å²) in [4.78, 5) is 4.40. The van der Waals surface area contributed by atoms with Gasteiger partial charge in [-0.3, -0.25) is 5.10 Å². The Hall–Kier alpha value is -2.56. The summed E-state index contributed by atoms with van der Waals surface area (Å²) in [6, 6.07) is 10.2. The number of hydrogen-bond donors (Lipinski definition) is 3. The molecule has 5 heteroatoms. The molecule has 3 aromatic rings. The molecule has 2 aromatic heterocycles. The molecule has 0 aliphatic heterocycles. The molecular weight excluding hydrogens is 286 g/mol. The maximum atomic E-state index is 5.89. The van der Waals surface area contributed by atoms with Crippen molar-refractivity contribution in [2.75, 3.05) is 17.6 Å². The molecule has 0 unspecified atom stereocenters. The molecule has 0 amide bonds. The number of benzene rings is 1. The third-order valence-corrected chi connectivity index (χ3v) is 4.02.